The van der Waals surface area contributed by atoms with E-state index in [2.05, 4.69) is 5.32 Å². The predicted molar refractivity (Wildman–Crippen MR) is 86.6 cm³/mol. The summed E-state index contributed by atoms with van der Waals surface area (Å²) in [5, 5.41) is 2.81. The van der Waals surface area contributed by atoms with Crippen LogP contribution >= 0.6 is 0 Å². The van der Waals surface area contributed by atoms with E-state index in [1.165, 1.54) is 6.92 Å². The number of benzene rings is 2. The molecule has 0 aromatic heterocycles. The third-order valence-corrected chi connectivity index (χ3v) is 3.03. The third-order valence-electron chi connectivity index (χ3n) is 3.03. The van der Waals surface area contributed by atoms with Crippen molar-refractivity contribution in [1.29, 1.82) is 0 Å². The van der Waals surface area contributed by atoms with Gasteiger partial charge in [0.15, 0.2) is 5.78 Å². The van der Waals surface area contributed by atoms with Gasteiger partial charge < -0.3 is 10.1 Å². The summed E-state index contributed by atoms with van der Waals surface area (Å²) in [6.07, 6.45) is -0.0319. The third kappa shape index (κ3) is 3.95. The van der Waals surface area contributed by atoms with Gasteiger partial charge in [0.05, 0.1) is 11.8 Å². The van der Waals surface area contributed by atoms with E-state index < -0.39 is 0 Å². The molecule has 0 aliphatic heterocycles. The lowest BCUT2D eigenvalue weighted by Gasteiger charge is -2.16. The second kappa shape index (κ2) is 6.89. The zero-order valence-electron chi connectivity index (χ0n) is 12.9. The Hall–Kier alpha value is -2.62. The summed E-state index contributed by atoms with van der Waals surface area (Å²) >= 11 is 0. The van der Waals surface area contributed by atoms with Gasteiger partial charge in [-0.3, -0.25) is 9.59 Å². The molecule has 0 atom stereocenters. The topological polar surface area (TPSA) is 55.4 Å². The summed E-state index contributed by atoms with van der Waals surface area (Å²) in [5.74, 6) is 0.241. The van der Waals surface area contributed by atoms with E-state index in [-0.39, 0.29) is 17.8 Å². The van der Waals surface area contributed by atoms with E-state index >= 15 is 0 Å². The van der Waals surface area contributed by atoms with E-state index in [4.69, 9.17) is 4.74 Å². The second-order valence-corrected chi connectivity index (χ2v) is 5.25. The Bertz CT molecular complexity index is 678. The fourth-order valence-corrected chi connectivity index (χ4v) is 1.99. The molecule has 1 N–H and O–H groups in total. The second-order valence-electron chi connectivity index (χ2n) is 5.25. The number of nitrogens with one attached hydrogen (secondary N) is 1. The first-order valence-corrected chi connectivity index (χ1v) is 7.15. The summed E-state index contributed by atoms with van der Waals surface area (Å²) in [6.45, 7) is 5.30. The fourth-order valence-electron chi connectivity index (χ4n) is 1.99. The standard InChI is InChI=1S/C18H19NO3/c1-12(2)22-17-10-9-15(13(3)20)11-16(17)19-18(21)14-7-5-4-6-8-14/h4-12H,1-3H3,(H,19,21). The Morgan fingerprint density at radius 1 is 1.00 bits per heavy atom. The molecule has 0 bridgehead atoms. The molecule has 114 valence electrons. The van der Waals surface area contributed by atoms with Crippen LogP contribution in [0.3, 0.4) is 0 Å². The van der Waals surface area contributed by atoms with E-state index in [0.717, 1.165) is 0 Å². The number of rotatable bonds is 5. The van der Waals surface area contributed by atoms with Gasteiger partial charge in [-0.1, -0.05) is 18.2 Å². The molecule has 0 radical (unpaired) electrons. The Morgan fingerprint density at radius 2 is 1.68 bits per heavy atom. The van der Waals surface area contributed by atoms with Gasteiger partial charge in [0.2, 0.25) is 0 Å². The van der Waals surface area contributed by atoms with E-state index in [0.29, 0.717) is 22.6 Å². The number of carbonyl (C=O) groups is 2. The van der Waals surface area contributed by atoms with Crippen molar-refractivity contribution in [2.75, 3.05) is 5.32 Å². The Labute approximate surface area is 130 Å². The lowest BCUT2D eigenvalue weighted by atomic mass is 10.1. The van der Waals surface area contributed by atoms with Crippen LogP contribution in [0.1, 0.15) is 41.5 Å². The molecular weight excluding hydrogens is 278 g/mol. The first-order valence-electron chi connectivity index (χ1n) is 7.15. The largest absolute Gasteiger partial charge is 0.489 e. The molecule has 0 saturated carbocycles. The number of Topliss-reactive ketones (excluding diaryl/α,β-unsaturated/α-hetero) is 1. The van der Waals surface area contributed by atoms with E-state index in [1.807, 2.05) is 19.9 Å². The minimum Gasteiger partial charge on any atom is -0.489 e. The van der Waals surface area contributed by atoms with Crippen LogP contribution < -0.4 is 10.1 Å². The predicted octanol–water partition coefficient (Wildman–Crippen LogP) is 3.93. The molecule has 2 rings (SSSR count). The number of amides is 1. The van der Waals surface area contributed by atoms with Gasteiger partial charge in [0.25, 0.3) is 5.91 Å². The smallest absolute Gasteiger partial charge is 0.255 e. The highest BCUT2D eigenvalue weighted by molar-refractivity contribution is 6.06. The van der Waals surface area contributed by atoms with Gasteiger partial charge in [0.1, 0.15) is 5.75 Å². The van der Waals surface area contributed by atoms with Crippen molar-refractivity contribution in [3.8, 4) is 5.75 Å². The van der Waals surface area contributed by atoms with Crippen LogP contribution in [0.4, 0.5) is 5.69 Å². The van der Waals surface area contributed by atoms with Crippen molar-refractivity contribution >= 4 is 17.4 Å². The summed E-state index contributed by atoms with van der Waals surface area (Å²) in [6, 6.07) is 13.9. The number of anilines is 1. The highest BCUT2D eigenvalue weighted by atomic mass is 16.5. The van der Waals surface area contributed by atoms with Crippen molar-refractivity contribution in [3.63, 3.8) is 0 Å². The minimum atomic E-state index is -0.241. The molecule has 22 heavy (non-hydrogen) atoms. The zero-order chi connectivity index (χ0) is 16.1. The highest BCUT2D eigenvalue weighted by Gasteiger charge is 2.13. The number of ether oxygens (including phenoxy) is 1. The Kier molecular flexibility index (Phi) is 4.94. The molecule has 0 heterocycles. The zero-order valence-corrected chi connectivity index (χ0v) is 12.9. The molecule has 0 aliphatic carbocycles. The molecule has 0 saturated heterocycles. The van der Waals surface area contributed by atoms with Crippen LogP contribution in [0.5, 0.6) is 5.75 Å². The lowest BCUT2D eigenvalue weighted by molar-refractivity contribution is 0.101. The van der Waals surface area contributed by atoms with Crippen LogP contribution in [-0.2, 0) is 0 Å². The summed E-state index contributed by atoms with van der Waals surface area (Å²) < 4.78 is 5.69. The normalized spacial score (nSPS) is 10.4. The quantitative estimate of drug-likeness (QED) is 0.851. The molecule has 4 nitrogen and oxygen atoms in total. The number of hydrogen-bond acceptors (Lipinski definition) is 3. The maximum absolute atomic E-state index is 12.3. The number of ketones is 1. The van der Waals surface area contributed by atoms with Crippen molar-refractivity contribution in [2.45, 2.75) is 26.9 Å². The summed E-state index contributed by atoms with van der Waals surface area (Å²) in [4.78, 5) is 23.8. The SMILES string of the molecule is CC(=O)c1ccc(OC(C)C)c(NC(=O)c2ccccc2)c1. The number of carbonyl (C=O) groups excluding carboxylic acids is 2. The van der Waals surface area contributed by atoms with Gasteiger partial charge in [-0.05, 0) is 51.1 Å². The molecule has 1 amide bonds. The van der Waals surface area contributed by atoms with E-state index in [1.54, 1.807) is 42.5 Å². The highest BCUT2D eigenvalue weighted by Crippen LogP contribution is 2.27. The van der Waals surface area contributed by atoms with Gasteiger partial charge in [-0.25, -0.2) is 0 Å². The lowest BCUT2D eigenvalue weighted by Crippen LogP contribution is -2.15. The minimum absolute atomic E-state index is 0.0319. The van der Waals surface area contributed by atoms with Crippen LogP contribution in [0.15, 0.2) is 48.5 Å². The molecule has 0 aliphatic rings. The van der Waals surface area contributed by atoms with Gasteiger partial charge in [-0.2, -0.15) is 0 Å². The van der Waals surface area contributed by atoms with Gasteiger partial charge in [0, 0.05) is 11.1 Å². The van der Waals surface area contributed by atoms with Crippen LogP contribution in [0, 0.1) is 0 Å². The average Bonchev–Trinajstić information content (AvgIpc) is 2.49. The van der Waals surface area contributed by atoms with E-state index in [9.17, 15) is 9.59 Å². The first kappa shape index (κ1) is 15.8. The molecular formula is C18H19NO3. The molecule has 2 aromatic rings. The monoisotopic (exact) mass is 297 g/mol. The average molecular weight is 297 g/mol. The molecule has 0 spiro atoms. The summed E-state index contributed by atoms with van der Waals surface area (Å²) in [7, 11) is 0. The maximum atomic E-state index is 12.3. The molecule has 0 fully saturated rings. The first-order chi connectivity index (χ1) is 10.5. The van der Waals surface area contributed by atoms with Crippen LogP contribution in [-0.4, -0.2) is 17.8 Å². The van der Waals surface area contributed by atoms with Crippen molar-refractivity contribution in [1.82, 2.24) is 0 Å². The van der Waals surface area contributed by atoms with Crippen molar-refractivity contribution < 1.29 is 14.3 Å². The molecule has 4 heteroatoms. The molecule has 0 unspecified atom stereocenters. The fraction of sp³-hybridized carbons (Fsp3) is 0.222. The Balaban J connectivity index is 2.32. The summed E-state index contributed by atoms with van der Waals surface area (Å²) in [5.41, 5.74) is 1.57. The Morgan fingerprint density at radius 3 is 2.27 bits per heavy atom. The maximum Gasteiger partial charge on any atom is 0.255 e. The number of hydrogen-bond donors (Lipinski definition) is 1. The van der Waals surface area contributed by atoms with Gasteiger partial charge in [-0.15, -0.1) is 0 Å². The van der Waals surface area contributed by atoms with Gasteiger partial charge >= 0.3 is 0 Å². The van der Waals surface area contributed by atoms with Crippen LogP contribution in [0.2, 0.25) is 0 Å². The molecule has 2 aromatic carbocycles. The van der Waals surface area contributed by atoms with Crippen molar-refractivity contribution in [2.24, 2.45) is 0 Å². The van der Waals surface area contributed by atoms with Crippen molar-refractivity contribution in [3.05, 3.63) is 59.7 Å². The van der Waals surface area contributed by atoms with Crippen LogP contribution in [0.25, 0.3) is 0 Å².